The van der Waals surface area contributed by atoms with Crippen molar-refractivity contribution in [1.82, 2.24) is 10.2 Å². The van der Waals surface area contributed by atoms with Gasteiger partial charge in [0, 0.05) is 37.0 Å². The minimum atomic E-state index is -0.322. The van der Waals surface area contributed by atoms with Crippen molar-refractivity contribution >= 4 is 34.8 Å². The van der Waals surface area contributed by atoms with E-state index in [0.717, 1.165) is 25.9 Å². The Morgan fingerprint density at radius 1 is 1.00 bits per heavy atom. The second-order valence-corrected chi connectivity index (χ2v) is 8.23. The van der Waals surface area contributed by atoms with Crippen LogP contribution in [0.1, 0.15) is 40.5 Å². The van der Waals surface area contributed by atoms with E-state index in [-0.39, 0.29) is 16.9 Å². The molecule has 8 heteroatoms. The van der Waals surface area contributed by atoms with E-state index in [1.165, 1.54) is 0 Å². The Morgan fingerprint density at radius 3 is 2.25 bits per heavy atom. The summed E-state index contributed by atoms with van der Waals surface area (Å²) in [6, 6.07) is 13.9. The molecule has 1 aliphatic rings. The Kier molecular flexibility index (Phi) is 8.58. The SMILES string of the molecule is COCCOc1ccc(C(=O)NC(=S)Nc2ccc(C(=O)N3CCC(C)CC3)cc2)cc1. The summed E-state index contributed by atoms with van der Waals surface area (Å²) in [5, 5.41) is 5.81. The summed E-state index contributed by atoms with van der Waals surface area (Å²) in [7, 11) is 1.61. The lowest BCUT2D eigenvalue weighted by atomic mass is 9.98. The zero-order chi connectivity index (χ0) is 22.9. The lowest BCUT2D eigenvalue weighted by molar-refractivity contribution is 0.0697. The Hall–Kier alpha value is -2.97. The summed E-state index contributed by atoms with van der Waals surface area (Å²) in [4.78, 5) is 27.0. The number of nitrogens with one attached hydrogen (secondary N) is 2. The van der Waals surface area contributed by atoms with Crippen LogP contribution in [0, 0.1) is 5.92 Å². The first-order valence-corrected chi connectivity index (χ1v) is 11.1. The molecular weight excluding hydrogens is 426 g/mol. The summed E-state index contributed by atoms with van der Waals surface area (Å²) in [5.41, 5.74) is 1.80. The van der Waals surface area contributed by atoms with Gasteiger partial charge in [0.05, 0.1) is 6.61 Å². The molecule has 2 amide bonds. The van der Waals surface area contributed by atoms with Crippen LogP contribution >= 0.6 is 12.2 Å². The second kappa shape index (κ2) is 11.6. The number of carbonyl (C=O) groups excluding carboxylic acids is 2. The quantitative estimate of drug-likeness (QED) is 0.489. The van der Waals surface area contributed by atoms with E-state index in [0.29, 0.717) is 41.7 Å². The maximum atomic E-state index is 12.6. The number of likely N-dealkylation sites (tertiary alicyclic amines) is 1. The lowest BCUT2D eigenvalue weighted by Gasteiger charge is -2.30. The summed E-state index contributed by atoms with van der Waals surface area (Å²) >= 11 is 5.25. The van der Waals surface area contributed by atoms with E-state index < -0.39 is 0 Å². The molecule has 0 aliphatic carbocycles. The van der Waals surface area contributed by atoms with Crippen molar-refractivity contribution in [2.45, 2.75) is 19.8 Å². The number of piperidine rings is 1. The zero-order valence-electron chi connectivity index (χ0n) is 18.4. The highest BCUT2D eigenvalue weighted by Crippen LogP contribution is 2.19. The molecule has 0 bridgehead atoms. The predicted molar refractivity (Wildman–Crippen MR) is 128 cm³/mol. The molecule has 32 heavy (non-hydrogen) atoms. The minimum absolute atomic E-state index is 0.0500. The lowest BCUT2D eigenvalue weighted by Crippen LogP contribution is -2.37. The number of ether oxygens (including phenoxy) is 2. The first-order valence-electron chi connectivity index (χ1n) is 10.7. The smallest absolute Gasteiger partial charge is 0.257 e. The fourth-order valence-corrected chi connectivity index (χ4v) is 3.58. The van der Waals surface area contributed by atoms with Crippen molar-refractivity contribution in [3.63, 3.8) is 0 Å². The van der Waals surface area contributed by atoms with Crippen molar-refractivity contribution < 1.29 is 19.1 Å². The maximum Gasteiger partial charge on any atom is 0.257 e. The number of methoxy groups -OCH3 is 1. The molecule has 0 radical (unpaired) electrons. The van der Waals surface area contributed by atoms with Crippen molar-refractivity contribution in [3.05, 3.63) is 59.7 Å². The van der Waals surface area contributed by atoms with Gasteiger partial charge in [0.25, 0.3) is 11.8 Å². The van der Waals surface area contributed by atoms with Crippen molar-refractivity contribution in [2.75, 3.05) is 38.7 Å². The van der Waals surface area contributed by atoms with Gasteiger partial charge in [0.15, 0.2) is 5.11 Å². The molecule has 2 aromatic carbocycles. The van der Waals surface area contributed by atoms with Crippen LogP contribution in [0.25, 0.3) is 0 Å². The third kappa shape index (κ3) is 6.77. The van der Waals surface area contributed by atoms with Crippen LogP contribution in [0.2, 0.25) is 0 Å². The predicted octanol–water partition coefficient (Wildman–Crippen LogP) is 3.71. The molecule has 2 aromatic rings. The van der Waals surface area contributed by atoms with Crippen molar-refractivity contribution in [1.29, 1.82) is 0 Å². The number of amides is 2. The Balaban J connectivity index is 1.49. The van der Waals surface area contributed by atoms with Gasteiger partial charge in [-0.05, 0) is 79.5 Å². The number of hydrogen-bond acceptors (Lipinski definition) is 5. The fourth-order valence-electron chi connectivity index (χ4n) is 3.37. The van der Waals surface area contributed by atoms with Gasteiger partial charge < -0.3 is 19.7 Å². The van der Waals surface area contributed by atoms with Crippen LogP contribution < -0.4 is 15.4 Å². The topological polar surface area (TPSA) is 79.9 Å². The monoisotopic (exact) mass is 455 g/mol. The summed E-state index contributed by atoms with van der Waals surface area (Å²) in [6.45, 7) is 4.76. The maximum absolute atomic E-state index is 12.6. The molecular formula is C24H29N3O4S. The molecule has 0 aromatic heterocycles. The second-order valence-electron chi connectivity index (χ2n) is 7.83. The van der Waals surface area contributed by atoms with Crippen LogP contribution in [-0.4, -0.2) is 55.2 Å². The number of benzene rings is 2. The van der Waals surface area contributed by atoms with Crippen LogP contribution in [0.15, 0.2) is 48.5 Å². The van der Waals surface area contributed by atoms with Gasteiger partial charge in [-0.3, -0.25) is 14.9 Å². The molecule has 1 heterocycles. The zero-order valence-corrected chi connectivity index (χ0v) is 19.2. The highest BCUT2D eigenvalue weighted by molar-refractivity contribution is 7.80. The highest BCUT2D eigenvalue weighted by Gasteiger charge is 2.21. The molecule has 0 spiro atoms. The number of carbonyl (C=O) groups is 2. The number of rotatable bonds is 7. The van der Waals surface area contributed by atoms with E-state index in [9.17, 15) is 9.59 Å². The van der Waals surface area contributed by atoms with Crippen LogP contribution in [0.4, 0.5) is 5.69 Å². The Bertz CT molecular complexity index is 923. The standard InChI is InChI=1S/C24H29N3O4S/c1-17-11-13-27(14-12-17)23(29)19-3-7-20(8-4-19)25-24(32)26-22(28)18-5-9-21(10-6-18)31-16-15-30-2/h3-10,17H,11-16H2,1-2H3,(H2,25,26,28,32). The summed E-state index contributed by atoms with van der Waals surface area (Å²) < 4.78 is 10.4. The van der Waals surface area contributed by atoms with Gasteiger partial charge in [-0.1, -0.05) is 6.92 Å². The average Bonchev–Trinajstić information content (AvgIpc) is 2.80. The normalized spacial score (nSPS) is 14.0. The van der Waals surface area contributed by atoms with Crippen LogP contribution in [0.5, 0.6) is 5.75 Å². The fraction of sp³-hybridized carbons (Fsp3) is 0.375. The average molecular weight is 456 g/mol. The molecule has 170 valence electrons. The van der Waals surface area contributed by atoms with E-state index in [2.05, 4.69) is 17.6 Å². The minimum Gasteiger partial charge on any atom is -0.491 e. The van der Waals surface area contributed by atoms with E-state index in [1.807, 2.05) is 4.90 Å². The number of nitrogens with zero attached hydrogens (tertiary/aromatic N) is 1. The summed E-state index contributed by atoms with van der Waals surface area (Å²) in [6.07, 6.45) is 2.09. The number of anilines is 1. The van der Waals surface area contributed by atoms with Crippen molar-refractivity contribution in [2.24, 2.45) is 5.92 Å². The molecule has 0 atom stereocenters. The number of hydrogen-bond donors (Lipinski definition) is 2. The van der Waals surface area contributed by atoms with Gasteiger partial charge in [-0.15, -0.1) is 0 Å². The molecule has 2 N–H and O–H groups in total. The molecule has 1 saturated heterocycles. The summed E-state index contributed by atoms with van der Waals surface area (Å²) in [5.74, 6) is 1.06. The largest absolute Gasteiger partial charge is 0.491 e. The Labute approximate surface area is 194 Å². The third-order valence-corrected chi connectivity index (χ3v) is 5.56. The van der Waals surface area contributed by atoms with Gasteiger partial charge in [-0.25, -0.2) is 0 Å². The molecule has 1 fully saturated rings. The van der Waals surface area contributed by atoms with E-state index in [4.69, 9.17) is 21.7 Å². The van der Waals surface area contributed by atoms with Gasteiger partial charge in [-0.2, -0.15) is 0 Å². The third-order valence-electron chi connectivity index (χ3n) is 5.36. The number of thiocarbonyl (C=S) groups is 1. The van der Waals surface area contributed by atoms with E-state index >= 15 is 0 Å². The van der Waals surface area contributed by atoms with Gasteiger partial charge in [0.2, 0.25) is 0 Å². The molecule has 3 rings (SSSR count). The molecule has 0 unspecified atom stereocenters. The van der Waals surface area contributed by atoms with Crippen molar-refractivity contribution in [3.8, 4) is 5.75 Å². The Morgan fingerprint density at radius 2 is 1.62 bits per heavy atom. The van der Waals surface area contributed by atoms with Crippen LogP contribution in [0.3, 0.4) is 0 Å². The van der Waals surface area contributed by atoms with E-state index in [1.54, 1.807) is 55.6 Å². The first-order chi connectivity index (χ1) is 15.5. The van der Waals surface area contributed by atoms with Crippen LogP contribution in [-0.2, 0) is 4.74 Å². The molecule has 0 saturated carbocycles. The van der Waals surface area contributed by atoms with Gasteiger partial charge in [0.1, 0.15) is 12.4 Å². The molecule has 7 nitrogen and oxygen atoms in total. The molecule has 1 aliphatic heterocycles. The first kappa shape index (κ1) is 23.7. The van der Waals surface area contributed by atoms with Gasteiger partial charge >= 0.3 is 0 Å². The highest BCUT2D eigenvalue weighted by atomic mass is 32.1.